The van der Waals surface area contributed by atoms with E-state index < -0.39 is 0 Å². The fraction of sp³-hybridized carbons (Fsp3) is 0.800. The predicted molar refractivity (Wildman–Crippen MR) is 51.8 cm³/mol. The molecule has 0 saturated carbocycles. The molecule has 1 nitrogen and oxygen atoms in total. The van der Waals surface area contributed by atoms with Gasteiger partial charge in [-0.25, -0.2) is 0 Å². The Labute approximate surface area is 71.1 Å². The molecular formula is C10H21N. The second kappa shape index (κ2) is 3.91. The van der Waals surface area contributed by atoms with E-state index in [1.54, 1.807) is 0 Å². The summed E-state index contributed by atoms with van der Waals surface area (Å²) in [6, 6.07) is 0. The molecule has 0 spiro atoms. The first-order chi connectivity index (χ1) is 4.81. The van der Waals surface area contributed by atoms with E-state index in [-0.39, 0.29) is 0 Å². The zero-order valence-electron chi connectivity index (χ0n) is 8.57. The molecule has 0 aliphatic carbocycles. The minimum Gasteiger partial charge on any atom is -0.302 e. The van der Waals surface area contributed by atoms with Crippen LogP contribution >= 0.6 is 0 Å². The summed E-state index contributed by atoms with van der Waals surface area (Å²) in [5, 5.41) is 0. The fourth-order valence-corrected chi connectivity index (χ4v) is 1.33. The molecular weight excluding hydrogens is 134 g/mol. The number of hydrogen-bond donors (Lipinski definition) is 0. The predicted octanol–water partition coefficient (Wildman–Crippen LogP) is 2.54. The third kappa shape index (κ3) is 7.60. The van der Waals surface area contributed by atoms with Gasteiger partial charge < -0.3 is 4.90 Å². The number of likely N-dealkylation sites (N-methyl/N-ethyl adjacent to an activating group) is 1. The molecule has 1 heteroatoms. The topological polar surface area (TPSA) is 3.24 Å². The maximum absolute atomic E-state index is 3.88. The van der Waals surface area contributed by atoms with E-state index >= 15 is 0 Å². The van der Waals surface area contributed by atoms with E-state index in [0.717, 1.165) is 13.1 Å². The average Bonchev–Trinajstić information content (AvgIpc) is 1.53. The van der Waals surface area contributed by atoms with Crippen molar-refractivity contribution in [3.63, 3.8) is 0 Å². The third-order valence-corrected chi connectivity index (χ3v) is 1.28. The molecule has 66 valence electrons. The van der Waals surface area contributed by atoms with Gasteiger partial charge in [0.1, 0.15) is 0 Å². The van der Waals surface area contributed by atoms with Crippen molar-refractivity contribution in [3.05, 3.63) is 12.2 Å². The van der Waals surface area contributed by atoms with Crippen LogP contribution in [0.3, 0.4) is 0 Å². The Hall–Kier alpha value is -0.300. The number of rotatable bonds is 3. The van der Waals surface area contributed by atoms with Gasteiger partial charge in [0.15, 0.2) is 0 Å². The molecule has 0 bridgehead atoms. The summed E-state index contributed by atoms with van der Waals surface area (Å²) in [6.07, 6.45) is 0. The molecule has 0 unspecified atom stereocenters. The molecule has 0 aromatic heterocycles. The van der Waals surface area contributed by atoms with Crippen LogP contribution in [-0.2, 0) is 0 Å². The Kier molecular flexibility index (Phi) is 3.81. The van der Waals surface area contributed by atoms with Gasteiger partial charge in [-0.05, 0) is 19.4 Å². The fourth-order valence-electron chi connectivity index (χ4n) is 1.33. The minimum absolute atomic E-state index is 0.393. The zero-order chi connectivity index (χ0) is 9.07. The Morgan fingerprint density at radius 1 is 1.36 bits per heavy atom. The molecule has 0 aromatic rings. The van der Waals surface area contributed by atoms with Crippen LogP contribution in [0.5, 0.6) is 0 Å². The maximum Gasteiger partial charge on any atom is 0.0184 e. The summed E-state index contributed by atoms with van der Waals surface area (Å²) in [7, 11) is 2.14. The molecule has 0 aliphatic heterocycles. The first-order valence-corrected chi connectivity index (χ1v) is 4.14. The Bertz CT molecular complexity index is 130. The summed E-state index contributed by atoms with van der Waals surface area (Å²) in [4.78, 5) is 2.31. The van der Waals surface area contributed by atoms with Crippen LogP contribution in [0.25, 0.3) is 0 Å². The Morgan fingerprint density at radius 2 is 1.82 bits per heavy atom. The molecule has 0 rings (SSSR count). The lowest BCUT2D eigenvalue weighted by Crippen LogP contribution is -2.30. The van der Waals surface area contributed by atoms with Crippen molar-refractivity contribution in [2.45, 2.75) is 27.7 Å². The zero-order valence-corrected chi connectivity index (χ0v) is 8.57. The van der Waals surface area contributed by atoms with Gasteiger partial charge in [0, 0.05) is 13.1 Å². The van der Waals surface area contributed by atoms with Crippen molar-refractivity contribution >= 4 is 0 Å². The van der Waals surface area contributed by atoms with Gasteiger partial charge in [0.05, 0.1) is 0 Å². The van der Waals surface area contributed by atoms with Gasteiger partial charge in [-0.1, -0.05) is 32.9 Å². The van der Waals surface area contributed by atoms with Gasteiger partial charge in [-0.15, -0.1) is 0 Å². The van der Waals surface area contributed by atoms with Crippen LogP contribution in [-0.4, -0.2) is 25.0 Å². The summed E-state index contributed by atoms with van der Waals surface area (Å²) >= 11 is 0. The van der Waals surface area contributed by atoms with Gasteiger partial charge in [0.2, 0.25) is 0 Å². The monoisotopic (exact) mass is 155 g/mol. The van der Waals surface area contributed by atoms with E-state index in [9.17, 15) is 0 Å². The summed E-state index contributed by atoms with van der Waals surface area (Å²) in [6.45, 7) is 14.8. The second-order valence-corrected chi connectivity index (χ2v) is 4.69. The van der Waals surface area contributed by atoms with Crippen LogP contribution in [0, 0.1) is 5.41 Å². The highest BCUT2D eigenvalue weighted by Gasteiger charge is 2.12. The molecule has 0 N–H and O–H groups in total. The van der Waals surface area contributed by atoms with Crippen molar-refractivity contribution in [1.82, 2.24) is 4.90 Å². The van der Waals surface area contributed by atoms with Crippen LogP contribution in [0.1, 0.15) is 27.7 Å². The van der Waals surface area contributed by atoms with Gasteiger partial charge in [0.25, 0.3) is 0 Å². The average molecular weight is 155 g/mol. The van der Waals surface area contributed by atoms with Crippen LogP contribution < -0.4 is 0 Å². The molecule has 0 saturated heterocycles. The molecule has 0 amide bonds. The van der Waals surface area contributed by atoms with Crippen molar-refractivity contribution in [2.75, 3.05) is 20.1 Å². The van der Waals surface area contributed by atoms with Gasteiger partial charge in [-0.2, -0.15) is 0 Å². The summed E-state index contributed by atoms with van der Waals surface area (Å²) < 4.78 is 0. The van der Waals surface area contributed by atoms with E-state index in [4.69, 9.17) is 0 Å². The molecule has 0 radical (unpaired) electrons. The first kappa shape index (κ1) is 10.7. The molecule has 11 heavy (non-hydrogen) atoms. The molecule has 0 aliphatic rings. The number of hydrogen-bond acceptors (Lipinski definition) is 1. The lowest BCUT2D eigenvalue weighted by atomic mass is 9.96. The standard InChI is InChI=1S/C10H21N/c1-9(2)7-11(6)8-10(3,4)5/h1,7-8H2,2-6H3. The van der Waals surface area contributed by atoms with Crippen molar-refractivity contribution in [2.24, 2.45) is 5.41 Å². The third-order valence-electron chi connectivity index (χ3n) is 1.28. The highest BCUT2D eigenvalue weighted by Crippen LogP contribution is 2.14. The van der Waals surface area contributed by atoms with Crippen molar-refractivity contribution in [3.8, 4) is 0 Å². The van der Waals surface area contributed by atoms with Crippen LogP contribution in [0.4, 0.5) is 0 Å². The van der Waals surface area contributed by atoms with Crippen molar-refractivity contribution in [1.29, 1.82) is 0 Å². The molecule has 0 fully saturated rings. The highest BCUT2D eigenvalue weighted by molar-refractivity contribution is 4.91. The number of nitrogens with zero attached hydrogens (tertiary/aromatic N) is 1. The lowest BCUT2D eigenvalue weighted by molar-refractivity contribution is 0.241. The van der Waals surface area contributed by atoms with Gasteiger partial charge >= 0.3 is 0 Å². The molecule has 0 atom stereocenters. The smallest absolute Gasteiger partial charge is 0.0184 e. The highest BCUT2D eigenvalue weighted by atomic mass is 15.1. The lowest BCUT2D eigenvalue weighted by Gasteiger charge is -2.26. The summed E-state index contributed by atoms with van der Waals surface area (Å²) in [5.74, 6) is 0. The van der Waals surface area contributed by atoms with Crippen LogP contribution in [0.15, 0.2) is 12.2 Å². The minimum atomic E-state index is 0.393. The van der Waals surface area contributed by atoms with Crippen LogP contribution in [0.2, 0.25) is 0 Å². The quantitative estimate of drug-likeness (QED) is 0.566. The SMILES string of the molecule is C=C(C)CN(C)CC(C)(C)C. The van der Waals surface area contributed by atoms with E-state index in [1.807, 2.05) is 0 Å². The first-order valence-electron chi connectivity index (χ1n) is 4.14. The second-order valence-electron chi connectivity index (χ2n) is 4.69. The van der Waals surface area contributed by atoms with E-state index in [0.29, 0.717) is 5.41 Å². The molecule has 0 heterocycles. The Balaban J connectivity index is 3.69. The maximum atomic E-state index is 3.88. The normalized spacial score (nSPS) is 12.2. The van der Waals surface area contributed by atoms with E-state index in [1.165, 1.54) is 5.57 Å². The van der Waals surface area contributed by atoms with Crippen molar-refractivity contribution < 1.29 is 0 Å². The molecule has 0 aromatic carbocycles. The van der Waals surface area contributed by atoms with Gasteiger partial charge in [-0.3, -0.25) is 0 Å². The van der Waals surface area contributed by atoms with E-state index in [2.05, 4.69) is 46.2 Å². The largest absolute Gasteiger partial charge is 0.302 e. The Morgan fingerprint density at radius 3 is 2.09 bits per heavy atom. The summed E-state index contributed by atoms with van der Waals surface area (Å²) in [5.41, 5.74) is 1.63.